The summed E-state index contributed by atoms with van der Waals surface area (Å²) in [5.41, 5.74) is 0. The Kier molecular flexibility index (Phi) is 42.1. The van der Waals surface area contributed by atoms with E-state index in [1.807, 2.05) is 0 Å². The molecule has 332 valence electrons. The quantitative estimate of drug-likeness (QED) is 0.0270. The maximum Gasteiger partial charge on any atom is 0.469 e. The van der Waals surface area contributed by atoms with E-state index in [0.29, 0.717) is 6.42 Å². The standard InChI is InChI=1S/C48H87O8P/c1-3-5-7-9-11-13-15-17-19-21-23-24-25-27-29-31-33-35-37-39-41-43-48(50)56-46(45-55-57(51,52)53)44-54-47(49)42-40-38-36-34-32-30-28-26-22-20-18-16-14-12-10-8-6-4-2/h5,7,11,13,17,19,23-24,46H,3-4,6,8-10,12,14-16,18,20-22,25-45H2,1-2H3,(H2,51,52,53)/b7-5-,13-11-,19-17-,24-23-. The number of rotatable bonds is 43. The van der Waals surface area contributed by atoms with Crippen LogP contribution in [0.4, 0.5) is 0 Å². The van der Waals surface area contributed by atoms with Crippen molar-refractivity contribution in [2.75, 3.05) is 13.2 Å². The molecule has 0 aromatic heterocycles. The van der Waals surface area contributed by atoms with Crippen LogP contribution in [0, 0.1) is 0 Å². The van der Waals surface area contributed by atoms with Gasteiger partial charge in [-0.3, -0.25) is 14.1 Å². The number of esters is 2. The minimum Gasteiger partial charge on any atom is -0.462 e. The maximum atomic E-state index is 12.5. The molecule has 0 fully saturated rings. The van der Waals surface area contributed by atoms with Gasteiger partial charge in [-0.25, -0.2) is 4.57 Å². The van der Waals surface area contributed by atoms with Gasteiger partial charge in [-0.05, 0) is 51.4 Å². The second-order valence-electron chi connectivity index (χ2n) is 15.7. The molecule has 0 saturated heterocycles. The second-order valence-corrected chi connectivity index (χ2v) is 16.9. The molecule has 0 aromatic carbocycles. The summed E-state index contributed by atoms with van der Waals surface area (Å²) < 4.78 is 26.5. The van der Waals surface area contributed by atoms with Crippen molar-refractivity contribution in [2.24, 2.45) is 0 Å². The number of carbonyl (C=O) groups excluding carboxylic acids is 2. The summed E-state index contributed by atoms with van der Waals surface area (Å²) >= 11 is 0. The van der Waals surface area contributed by atoms with Crippen LogP contribution in [-0.2, 0) is 28.2 Å². The Bertz CT molecular complexity index is 1060. The summed E-state index contributed by atoms with van der Waals surface area (Å²) in [7, 11) is -4.76. The molecule has 0 aromatic rings. The molecule has 8 nitrogen and oxygen atoms in total. The fourth-order valence-electron chi connectivity index (χ4n) is 6.66. The third-order valence-corrected chi connectivity index (χ3v) is 10.6. The first-order valence-corrected chi connectivity index (χ1v) is 25.0. The molecule has 0 radical (unpaired) electrons. The maximum absolute atomic E-state index is 12.5. The monoisotopic (exact) mass is 823 g/mol. The van der Waals surface area contributed by atoms with E-state index in [9.17, 15) is 14.2 Å². The lowest BCUT2D eigenvalue weighted by Crippen LogP contribution is -2.29. The lowest BCUT2D eigenvalue weighted by Gasteiger charge is -2.18. The predicted molar refractivity (Wildman–Crippen MR) is 239 cm³/mol. The Hall–Kier alpha value is -1.99. The number of phosphoric ester groups is 1. The first-order valence-electron chi connectivity index (χ1n) is 23.4. The first kappa shape index (κ1) is 55.0. The van der Waals surface area contributed by atoms with Crippen molar-refractivity contribution in [2.45, 2.75) is 232 Å². The zero-order chi connectivity index (χ0) is 41.8. The summed E-state index contributed by atoms with van der Waals surface area (Å²) in [6.45, 7) is 3.60. The highest BCUT2D eigenvalue weighted by Gasteiger charge is 2.23. The highest BCUT2D eigenvalue weighted by Crippen LogP contribution is 2.36. The molecule has 0 amide bonds. The lowest BCUT2D eigenvalue weighted by atomic mass is 10.0. The molecular weight excluding hydrogens is 735 g/mol. The molecule has 0 rings (SSSR count). The number of carbonyl (C=O) groups is 2. The van der Waals surface area contributed by atoms with E-state index in [1.165, 1.54) is 122 Å². The Morgan fingerprint density at radius 2 is 0.842 bits per heavy atom. The van der Waals surface area contributed by atoms with Crippen molar-refractivity contribution in [1.29, 1.82) is 0 Å². The van der Waals surface area contributed by atoms with Crippen molar-refractivity contribution in [3.63, 3.8) is 0 Å². The van der Waals surface area contributed by atoms with Gasteiger partial charge in [0.15, 0.2) is 6.10 Å². The minimum atomic E-state index is -4.76. The highest BCUT2D eigenvalue weighted by atomic mass is 31.2. The zero-order valence-electron chi connectivity index (χ0n) is 36.7. The molecule has 0 bridgehead atoms. The van der Waals surface area contributed by atoms with Crippen molar-refractivity contribution in [1.82, 2.24) is 0 Å². The molecule has 0 aliphatic carbocycles. The normalized spacial score (nSPS) is 12.8. The van der Waals surface area contributed by atoms with Crippen LogP contribution in [0.25, 0.3) is 0 Å². The first-order chi connectivity index (χ1) is 27.8. The number of ether oxygens (including phenoxy) is 2. The molecule has 1 unspecified atom stereocenters. The van der Waals surface area contributed by atoms with E-state index in [1.54, 1.807) is 0 Å². The number of unbranched alkanes of at least 4 members (excludes halogenated alkanes) is 25. The molecule has 2 N–H and O–H groups in total. The molecule has 9 heteroatoms. The summed E-state index contributed by atoms with van der Waals surface area (Å²) in [5.74, 6) is -0.886. The van der Waals surface area contributed by atoms with E-state index in [4.69, 9.17) is 19.3 Å². The Labute approximate surface area is 350 Å². The van der Waals surface area contributed by atoms with Crippen LogP contribution >= 0.6 is 7.82 Å². The van der Waals surface area contributed by atoms with E-state index in [2.05, 4.69) is 67.0 Å². The molecular formula is C48H87O8P. The van der Waals surface area contributed by atoms with Gasteiger partial charge >= 0.3 is 19.8 Å². The van der Waals surface area contributed by atoms with Gasteiger partial charge in [-0.15, -0.1) is 0 Å². The van der Waals surface area contributed by atoms with E-state index in [0.717, 1.165) is 70.6 Å². The van der Waals surface area contributed by atoms with Crippen LogP contribution in [0.1, 0.15) is 226 Å². The van der Waals surface area contributed by atoms with Gasteiger partial charge in [0.1, 0.15) is 6.61 Å². The predicted octanol–water partition coefficient (Wildman–Crippen LogP) is 14.7. The third kappa shape index (κ3) is 46.6. The zero-order valence-corrected chi connectivity index (χ0v) is 37.6. The average Bonchev–Trinajstić information content (AvgIpc) is 3.18. The fourth-order valence-corrected chi connectivity index (χ4v) is 7.02. The third-order valence-electron chi connectivity index (χ3n) is 10.1. The Morgan fingerprint density at radius 3 is 1.26 bits per heavy atom. The molecule has 1 atom stereocenters. The number of phosphoric acid groups is 1. The van der Waals surface area contributed by atoms with Gasteiger partial charge in [0.25, 0.3) is 0 Å². The average molecular weight is 823 g/mol. The SMILES string of the molecule is CC/C=C\C/C=C\C/C=C\C/C=C\CCCCCCCCCCC(=O)OC(COC(=O)CCCCCCCCCCCCCCCCCCCC)COP(=O)(O)O. The molecule has 0 aliphatic heterocycles. The molecule has 57 heavy (non-hydrogen) atoms. The van der Waals surface area contributed by atoms with Crippen LogP contribution < -0.4 is 0 Å². The van der Waals surface area contributed by atoms with Gasteiger partial charge in [0.2, 0.25) is 0 Å². The van der Waals surface area contributed by atoms with Gasteiger partial charge in [0, 0.05) is 12.8 Å². The van der Waals surface area contributed by atoms with Crippen LogP contribution in [0.15, 0.2) is 48.6 Å². The minimum absolute atomic E-state index is 0.203. The largest absolute Gasteiger partial charge is 0.469 e. The van der Waals surface area contributed by atoms with Gasteiger partial charge in [0.05, 0.1) is 6.61 Å². The van der Waals surface area contributed by atoms with Crippen LogP contribution in [0.2, 0.25) is 0 Å². The summed E-state index contributed by atoms with van der Waals surface area (Å²) in [6, 6.07) is 0. The van der Waals surface area contributed by atoms with Crippen molar-refractivity contribution in [3.8, 4) is 0 Å². The fraction of sp³-hybridized carbons (Fsp3) is 0.792. The number of hydrogen-bond acceptors (Lipinski definition) is 6. The lowest BCUT2D eigenvalue weighted by molar-refractivity contribution is -0.161. The molecule has 0 saturated carbocycles. The molecule has 0 heterocycles. The van der Waals surface area contributed by atoms with Gasteiger partial charge in [-0.1, -0.05) is 210 Å². The Balaban J connectivity index is 3.87. The van der Waals surface area contributed by atoms with Crippen LogP contribution in [0.3, 0.4) is 0 Å². The Morgan fingerprint density at radius 1 is 0.474 bits per heavy atom. The molecule has 0 aliphatic rings. The summed E-state index contributed by atoms with van der Waals surface area (Å²) in [5, 5.41) is 0. The smallest absolute Gasteiger partial charge is 0.462 e. The second kappa shape index (κ2) is 43.6. The summed E-state index contributed by atoms with van der Waals surface area (Å²) in [4.78, 5) is 43.0. The number of allylic oxidation sites excluding steroid dienone is 8. The van der Waals surface area contributed by atoms with Crippen LogP contribution in [-0.4, -0.2) is 41.0 Å². The van der Waals surface area contributed by atoms with Crippen LogP contribution in [0.5, 0.6) is 0 Å². The topological polar surface area (TPSA) is 119 Å². The van der Waals surface area contributed by atoms with Crippen molar-refractivity contribution in [3.05, 3.63) is 48.6 Å². The highest BCUT2D eigenvalue weighted by molar-refractivity contribution is 7.46. The van der Waals surface area contributed by atoms with Gasteiger partial charge < -0.3 is 19.3 Å². The van der Waals surface area contributed by atoms with E-state index < -0.39 is 32.5 Å². The van der Waals surface area contributed by atoms with Crippen molar-refractivity contribution >= 4 is 19.8 Å². The number of hydrogen-bond donors (Lipinski definition) is 2. The summed E-state index contributed by atoms with van der Waals surface area (Å²) in [6.07, 6.45) is 54.0. The van der Waals surface area contributed by atoms with E-state index >= 15 is 0 Å². The van der Waals surface area contributed by atoms with E-state index in [-0.39, 0.29) is 19.4 Å². The van der Waals surface area contributed by atoms with Crippen molar-refractivity contribution < 1.29 is 37.9 Å². The van der Waals surface area contributed by atoms with Gasteiger partial charge in [-0.2, -0.15) is 0 Å². The molecule has 0 spiro atoms.